The van der Waals surface area contributed by atoms with E-state index in [1.165, 1.54) is 22.5 Å². The molecule has 0 aromatic heterocycles. The van der Waals surface area contributed by atoms with Gasteiger partial charge >= 0.3 is 0 Å². The van der Waals surface area contributed by atoms with Crippen LogP contribution in [0.3, 0.4) is 0 Å². The van der Waals surface area contributed by atoms with Crippen molar-refractivity contribution in [1.82, 2.24) is 4.31 Å². The minimum atomic E-state index is -3.58. The van der Waals surface area contributed by atoms with Crippen molar-refractivity contribution < 1.29 is 13.2 Å². The van der Waals surface area contributed by atoms with Gasteiger partial charge < -0.3 is 10.5 Å². The molecular weight excluding hydrogens is 276 g/mol. The van der Waals surface area contributed by atoms with Crippen LogP contribution in [0.1, 0.15) is 6.92 Å². The predicted molar refractivity (Wildman–Crippen MR) is 70.0 cm³/mol. The van der Waals surface area contributed by atoms with Gasteiger partial charge in [0.1, 0.15) is 4.90 Å². The standard InChI is InChI=1S/C11H15ClN2O3S/c1-8-7-14(4-5-17-8)18(15,16)11-3-2-9(13)6-10(11)12/h2-3,6,8H,4-5,7,13H2,1H3. The zero-order valence-electron chi connectivity index (χ0n) is 9.97. The van der Waals surface area contributed by atoms with E-state index in [1.807, 2.05) is 6.92 Å². The molecule has 1 atom stereocenters. The summed E-state index contributed by atoms with van der Waals surface area (Å²) < 4.78 is 31.5. The second-order valence-corrected chi connectivity index (χ2v) is 6.55. The monoisotopic (exact) mass is 290 g/mol. The van der Waals surface area contributed by atoms with Crippen LogP contribution in [0.4, 0.5) is 5.69 Å². The Morgan fingerprint density at radius 2 is 2.22 bits per heavy atom. The number of nitrogens with two attached hydrogens (primary N) is 1. The lowest BCUT2D eigenvalue weighted by molar-refractivity contribution is 0.0102. The van der Waals surface area contributed by atoms with Crippen molar-refractivity contribution in [2.75, 3.05) is 25.4 Å². The molecule has 0 spiro atoms. The Kier molecular flexibility index (Phi) is 3.82. The first kappa shape index (κ1) is 13.6. The van der Waals surface area contributed by atoms with E-state index in [9.17, 15) is 8.42 Å². The fourth-order valence-corrected chi connectivity index (χ4v) is 3.90. The molecule has 2 N–H and O–H groups in total. The van der Waals surface area contributed by atoms with Crippen molar-refractivity contribution in [2.24, 2.45) is 0 Å². The Balaban J connectivity index is 2.35. The van der Waals surface area contributed by atoms with Crippen LogP contribution in [0.2, 0.25) is 5.02 Å². The number of benzene rings is 1. The minimum absolute atomic E-state index is 0.0902. The van der Waals surface area contributed by atoms with Crippen molar-refractivity contribution in [3.05, 3.63) is 23.2 Å². The molecule has 1 heterocycles. The Morgan fingerprint density at radius 3 is 2.83 bits per heavy atom. The summed E-state index contributed by atoms with van der Waals surface area (Å²) in [5.41, 5.74) is 6.00. The van der Waals surface area contributed by atoms with E-state index in [4.69, 9.17) is 22.1 Å². The second-order valence-electron chi connectivity index (χ2n) is 4.23. The highest BCUT2D eigenvalue weighted by molar-refractivity contribution is 7.89. The third-order valence-electron chi connectivity index (χ3n) is 2.78. The smallest absolute Gasteiger partial charge is 0.244 e. The first-order valence-electron chi connectivity index (χ1n) is 5.58. The van der Waals surface area contributed by atoms with Crippen molar-refractivity contribution >= 4 is 27.3 Å². The lowest BCUT2D eigenvalue weighted by Gasteiger charge is -2.30. The first-order chi connectivity index (χ1) is 8.41. The minimum Gasteiger partial charge on any atom is -0.399 e. The van der Waals surface area contributed by atoms with Crippen LogP contribution in [-0.2, 0) is 14.8 Å². The summed E-state index contributed by atoms with van der Waals surface area (Å²) in [6.45, 7) is 2.91. The molecule has 0 amide bonds. The number of hydrogen-bond donors (Lipinski definition) is 1. The molecule has 1 saturated heterocycles. The van der Waals surface area contributed by atoms with Gasteiger partial charge in [-0.2, -0.15) is 4.31 Å². The van der Waals surface area contributed by atoms with E-state index in [1.54, 1.807) is 0 Å². The molecule has 0 radical (unpaired) electrons. The molecule has 1 aliphatic heterocycles. The van der Waals surface area contributed by atoms with Crippen LogP contribution in [0, 0.1) is 0 Å². The number of nitrogen functional groups attached to an aromatic ring is 1. The van der Waals surface area contributed by atoms with Crippen molar-refractivity contribution in [3.63, 3.8) is 0 Å². The second kappa shape index (κ2) is 5.05. The van der Waals surface area contributed by atoms with Crippen molar-refractivity contribution in [3.8, 4) is 0 Å². The van der Waals surface area contributed by atoms with E-state index in [2.05, 4.69) is 0 Å². The Labute approximate surface area is 112 Å². The van der Waals surface area contributed by atoms with E-state index in [0.29, 0.717) is 25.4 Å². The Morgan fingerprint density at radius 1 is 1.50 bits per heavy atom. The number of sulfonamides is 1. The number of nitrogens with zero attached hydrogens (tertiary/aromatic N) is 1. The van der Waals surface area contributed by atoms with Gasteiger partial charge in [-0.3, -0.25) is 0 Å². The van der Waals surface area contributed by atoms with Gasteiger partial charge in [-0.15, -0.1) is 0 Å². The maximum absolute atomic E-state index is 12.4. The topological polar surface area (TPSA) is 72.6 Å². The van der Waals surface area contributed by atoms with Gasteiger partial charge in [0.25, 0.3) is 0 Å². The summed E-state index contributed by atoms with van der Waals surface area (Å²) in [6, 6.07) is 4.41. The molecular formula is C11H15ClN2O3S. The molecule has 5 nitrogen and oxygen atoms in total. The van der Waals surface area contributed by atoms with Crippen LogP contribution in [0.25, 0.3) is 0 Å². The van der Waals surface area contributed by atoms with E-state index < -0.39 is 10.0 Å². The molecule has 0 bridgehead atoms. The lowest BCUT2D eigenvalue weighted by atomic mass is 10.3. The number of ether oxygens (including phenoxy) is 1. The van der Waals surface area contributed by atoms with Gasteiger partial charge in [-0.05, 0) is 25.1 Å². The molecule has 0 saturated carbocycles. The highest BCUT2D eigenvalue weighted by Gasteiger charge is 2.30. The molecule has 18 heavy (non-hydrogen) atoms. The van der Waals surface area contributed by atoms with Gasteiger partial charge in [-0.1, -0.05) is 11.6 Å². The predicted octanol–water partition coefficient (Wildman–Crippen LogP) is 1.33. The van der Waals surface area contributed by atoms with Gasteiger partial charge in [0.05, 0.1) is 17.7 Å². The number of halogens is 1. The number of hydrogen-bond acceptors (Lipinski definition) is 4. The van der Waals surface area contributed by atoms with Crippen LogP contribution >= 0.6 is 11.6 Å². The third kappa shape index (κ3) is 2.61. The highest BCUT2D eigenvalue weighted by atomic mass is 35.5. The fraction of sp³-hybridized carbons (Fsp3) is 0.455. The summed E-state index contributed by atoms with van der Waals surface area (Å²) in [5.74, 6) is 0. The zero-order valence-corrected chi connectivity index (χ0v) is 11.5. The lowest BCUT2D eigenvalue weighted by Crippen LogP contribution is -2.44. The number of rotatable bonds is 2. The molecule has 7 heteroatoms. The quantitative estimate of drug-likeness (QED) is 0.834. The summed E-state index contributed by atoms with van der Waals surface area (Å²) in [5, 5.41) is 0.147. The molecule has 100 valence electrons. The average Bonchev–Trinajstić information content (AvgIpc) is 2.28. The van der Waals surface area contributed by atoms with Gasteiger partial charge in [0.2, 0.25) is 10.0 Å². The van der Waals surface area contributed by atoms with Gasteiger partial charge in [-0.25, -0.2) is 8.42 Å². The van der Waals surface area contributed by atoms with Crippen LogP contribution in [0.15, 0.2) is 23.1 Å². The molecule has 1 unspecified atom stereocenters. The molecule has 1 fully saturated rings. The van der Waals surface area contributed by atoms with E-state index >= 15 is 0 Å². The third-order valence-corrected chi connectivity index (χ3v) is 5.13. The van der Waals surface area contributed by atoms with Crippen molar-refractivity contribution in [1.29, 1.82) is 0 Å². The molecule has 0 aliphatic carbocycles. The first-order valence-corrected chi connectivity index (χ1v) is 7.40. The van der Waals surface area contributed by atoms with Gasteiger partial charge in [0, 0.05) is 18.8 Å². The van der Waals surface area contributed by atoms with E-state index in [-0.39, 0.29) is 16.0 Å². The number of morpholine rings is 1. The zero-order chi connectivity index (χ0) is 13.3. The molecule has 1 aliphatic rings. The maximum atomic E-state index is 12.4. The molecule has 1 aromatic carbocycles. The highest BCUT2D eigenvalue weighted by Crippen LogP contribution is 2.27. The molecule has 2 rings (SSSR count). The fourth-order valence-electron chi connectivity index (χ4n) is 1.87. The number of anilines is 1. The Hall–Kier alpha value is -0.820. The van der Waals surface area contributed by atoms with Crippen LogP contribution in [0.5, 0.6) is 0 Å². The largest absolute Gasteiger partial charge is 0.399 e. The van der Waals surface area contributed by atoms with Crippen LogP contribution < -0.4 is 5.73 Å². The summed E-state index contributed by atoms with van der Waals surface area (Å²) in [4.78, 5) is 0.0902. The summed E-state index contributed by atoms with van der Waals surface area (Å²) in [7, 11) is -3.58. The summed E-state index contributed by atoms with van der Waals surface area (Å²) >= 11 is 5.95. The summed E-state index contributed by atoms with van der Waals surface area (Å²) in [6.07, 6.45) is -0.110. The van der Waals surface area contributed by atoms with E-state index in [0.717, 1.165) is 0 Å². The maximum Gasteiger partial charge on any atom is 0.244 e. The normalized spacial score (nSPS) is 22.0. The van der Waals surface area contributed by atoms with Crippen LogP contribution in [-0.4, -0.2) is 38.5 Å². The van der Waals surface area contributed by atoms with Crippen molar-refractivity contribution in [2.45, 2.75) is 17.9 Å². The Bertz CT molecular complexity index is 547. The molecule has 1 aromatic rings. The average molecular weight is 291 g/mol. The SMILES string of the molecule is CC1CN(S(=O)(=O)c2ccc(N)cc2Cl)CCO1. The van der Waals surface area contributed by atoms with Gasteiger partial charge in [0.15, 0.2) is 0 Å².